The van der Waals surface area contributed by atoms with E-state index in [4.69, 9.17) is 34.3 Å². The molecular formula is C14H32O7Si. The number of rotatable bonds is 15. The van der Waals surface area contributed by atoms with Crippen molar-refractivity contribution in [2.24, 2.45) is 0 Å². The van der Waals surface area contributed by atoms with Crippen molar-refractivity contribution in [2.75, 3.05) is 46.8 Å². The van der Waals surface area contributed by atoms with Crippen molar-refractivity contribution in [1.82, 2.24) is 0 Å². The van der Waals surface area contributed by atoms with E-state index in [1.165, 1.54) is 0 Å². The molecule has 0 aliphatic heterocycles. The molecule has 22 heavy (non-hydrogen) atoms. The van der Waals surface area contributed by atoms with Crippen molar-refractivity contribution in [2.45, 2.75) is 43.7 Å². The standard InChI is InChI=1S/C14H32O7Si/c1-19-22(2,7-3-5-20-11-13(17)9-15)8-4-6-21-12-14(18)10-16/h13-18H,3-12H2,1-2H3. The second kappa shape index (κ2) is 13.4. The van der Waals surface area contributed by atoms with Crippen LogP contribution in [0, 0.1) is 0 Å². The molecule has 2 atom stereocenters. The lowest BCUT2D eigenvalue weighted by atomic mass is 10.4. The van der Waals surface area contributed by atoms with Gasteiger partial charge in [0.2, 0.25) is 0 Å². The van der Waals surface area contributed by atoms with Gasteiger partial charge in [-0.1, -0.05) is 0 Å². The van der Waals surface area contributed by atoms with E-state index in [1.54, 1.807) is 7.11 Å². The predicted molar refractivity (Wildman–Crippen MR) is 85.3 cm³/mol. The fraction of sp³-hybridized carbons (Fsp3) is 1.00. The van der Waals surface area contributed by atoms with Crippen LogP contribution in [-0.2, 0) is 13.9 Å². The monoisotopic (exact) mass is 340 g/mol. The average Bonchev–Trinajstić information content (AvgIpc) is 2.53. The van der Waals surface area contributed by atoms with E-state index in [2.05, 4.69) is 6.55 Å². The molecule has 0 fully saturated rings. The number of aliphatic hydroxyl groups is 4. The van der Waals surface area contributed by atoms with E-state index in [0.717, 1.165) is 24.9 Å². The second-order valence-corrected chi connectivity index (χ2v) is 9.99. The molecule has 0 saturated heterocycles. The van der Waals surface area contributed by atoms with Gasteiger partial charge in [0.15, 0.2) is 8.32 Å². The first-order valence-corrected chi connectivity index (χ1v) is 10.6. The summed E-state index contributed by atoms with van der Waals surface area (Å²) in [5.74, 6) is 0. The highest BCUT2D eigenvalue weighted by molar-refractivity contribution is 6.72. The van der Waals surface area contributed by atoms with Crippen LogP contribution in [0.15, 0.2) is 0 Å². The molecule has 7 nitrogen and oxygen atoms in total. The highest BCUT2D eigenvalue weighted by Crippen LogP contribution is 2.20. The van der Waals surface area contributed by atoms with Crippen LogP contribution in [0.5, 0.6) is 0 Å². The zero-order valence-corrected chi connectivity index (χ0v) is 14.7. The maximum absolute atomic E-state index is 9.15. The number of hydrogen-bond acceptors (Lipinski definition) is 7. The Hall–Kier alpha value is -0.0631. The SMILES string of the molecule is CO[Si](C)(CCCOCC(O)CO)CCCOCC(O)CO. The first-order chi connectivity index (χ1) is 10.5. The first-order valence-electron chi connectivity index (χ1n) is 7.76. The summed E-state index contributed by atoms with van der Waals surface area (Å²) in [5, 5.41) is 35.6. The van der Waals surface area contributed by atoms with Crippen LogP contribution >= 0.6 is 0 Å². The molecule has 0 aromatic carbocycles. The molecule has 0 rings (SSSR count). The van der Waals surface area contributed by atoms with Crippen molar-refractivity contribution in [3.8, 4) is 0 Å². The topological polar surface area (TPSA) is 109 Å². The molecule has 2 unspecified atom stereocenters. The van der Waals surface area contributed by atoms with Gasteiger partial charge in [0.25, 0.3) is 0 Å². The Balaban J connectivity index is 3.71. The lowest BCUT2D eigenvalue weighted by molar-refractivity contribution is 0.00582. The third kappa shape index (κ3) is 11.5. The summed E-state index contributed by atoms with van der Waals surface area (Å²) < 4.78 is 16.3. The predicted octanol–water partition coefficient (Wildman–Crippen LogP) is -0.272. The normalized spacial score (nSPS) is 17.2. The number of ether oxygens (including phenoxy) is 2. The van der Waals surface area contributed by atoms with E-state index >= 15 is 0 Å². The molecule has 0 heterocycles. The van der Waals surface area contributed by atoms with Crippen molar-refractivity contribution < 1.29 is 34.3 Å². The quantitative estimate of drug-likeness (QED) is 0.240. The van der Waals surface area contributed by atoms with Gasteiger partial charge in [0.05, 0.1) is 26.4 Å². The minimum atomic E-state index is -1.78. The smallest absolute Gasteiger partial charge is 0.189 e. The van der Waals surface area contributed by atoms with Gasteiger partial charge in [-0.3, -0.25) is 0 Å². The van der Waals surface area contributed by atoms with Gasteiger partial charge >= 0.3 is 0 Å². The summed E-state index contributed by atoms with van der Waals surface area (Å²) in [7, 11) is -0.0430. The summed E-state index contributed by atoms with van der Waals surface area (Å²) in [6, 6.07) is 1.91. The molecule has 134 valence electrons. The fourth-order valence-corrected chi connectivity index (χ4v) is 4.41. The Morgan fingerprint density at radius 1 is 0.864 bits per heavy atom. The lowest BCUT2D eigenvalue weighted by Crippen LogP contribution is -2.33. The molecule has 0 spiro atoms. The van der Waals surface area contributed by atoms with Crippen LogP contribution < -0.4 is 0 Å². The van der Waals surface area contributed by atoms with Gasteiger partial charge < -0.3 is 34.3 Å². The van der Waals surface area contributed by atoms with Gasteiger partial charge in [-0.25, -0.2) is 0 Å². The Labute approximate surface area is 134 Å². The molecule has 0 aromatic heterocycles. The van der Waals surface area contributed by atoms with E-state index in [-0.39, 0.29) is 26.4 Å². The Morgan fingerprint density at radius 3 is 1.59 bits per heavy atom. The molecule has 0 saturated carbocycles. The van der Waals surface area contributed by atoms with Crippen LogP contribution in [0.3, 0.4) is 0 Å². The molecule has 0 aliphatic rings. The minimum Gasteiger partial charge on any atom is -0.420 e. The summed E-state index contributed by atoms with van der Waals surface area (Å²) in [5.41, 5.74) is 0. The Kier molecular flexibility index (Phi) is 13.3. The van der Waals surface area contributed by atoms with Gasteiger partial charge in [0.1, 0.15) is 12.2 Å². The first kappa shape index (κ1) is 21.9. The fourth-order valence-electron chi connectivity index (χ4n) is 1.97. The van der Waals surface area contributed by atoms with Crippen LogP contribution in [0.1, 0.15) is 12.8 Å². The maximum atomic E-state index is 9.15. The Morgan fingerprint density at radius 2 is 1.27 bits per heavy atom. The van der Waals surface area contributed by atoms with Gasteiger partial charge in [-0.2, -0.15) is 0 Å². The maximum Gasteiger partial charge on any atom is 0.189 e. The largest absolute Gasteiger partial charge is 0.420 e. The summed E-state index contributed by atoms with van der Waals surface area (Å²) in [4.78, 5) is 0. The van der Waals surface area contributed by atoms with Crippen LogP contribution in [0.4, 0.5) is 0 Å². The van der Waals surface area contributed by atoms with E-state index in [1.807, 2.05) is 0 Å². The van der Waals surface area contributed by atoms with Gasteiger partial charge in [0, 0.05) is 20.3 Å². The van der Waals surface area contributed by atoms with Crippen LogP contribution in [0.25, 0.3) is 0 Å². The lowest BCUT2D eigenvalue weighted by Gasteiger charge is -2.25. The second-order valence-electron chi connectivity index (χ2n) is 5.68. The molecule has 0 bridgehead atoms. The molecule has 0 radical (unpaired) electrons. The zero-order chi connectivity index (χ0) is 16.8. The highest BCUT2D eigenvalue weighted by atomic mass is 28.4. The van der Waals surface area contributed by atoms with Crippen molar-refractivity contribution in [3.63, 3.8) is 0 Å². The summed E-state index contributed by atoms with van der Waals surface area (Å²) >= 11 is 0. The van der Waals surface area contributed by atoms with Crippen molar-refractivity contribution in [3.05, 3.63) is 0 Å². The van der Waals surface area contributed by atoms with Crippen molar-refractivity contribution >= 4 is 8.32 Å². The third-order valence-corrected chi connectivity index (χ3v) is 7.33. The molecule has 0 amide bonds. The molecule has 0 aromatic rings. The number of aliphatic hydroxyl groups excluding tert-OH is 4. The highest BCUT2D eigenvalue weighted by Gasteiger charge is 2.26. The third-order valence-electron chi connectivity index (χ3n) is 3.52. The van der Waals surface area contributed by atoms with E-state index < -0.39 is 20.5 Å². The molecule has 8 heteroatoms. The molecule has 0 aliphatic carbocycles. The minimum absolute atomic E-state index is 0.156. The van der Waals surface area contributed by atoms with Gasteiger partial charge in [-0.05, 0) is 31.5 Å². The molecule has 4 N–H and O–H groups in total. The zero-order valence-electron chi connectivity index (χ0n) is 13.7. The number of hydrogen-bond donors (Lipinski definition) is 4. The van der Waals surface area contributed by atoms with Crippen LogP contribution in [0.2, 0.25) is 18.6 Å². The van der Waals surface area contributed by atoms with Crippen LogP contribution in [-0.4, -0.2) is 87.7 Å². The Bertz CT molecular complexity index is 235. The van der Waals surface area contributed by atoms with E-state index in [0.29, 0.717) is 13.2 Å². The van der Waals surface area contributed by atoms with E-state index in [9.17, 15) is 0 Å². The van der Waals surface area contributed by atoms with Gasteiger partial charge in [-0.15, -0.1) is 0 Å². The molecular weight excluding hydrogens is 308 g/mol. The average molecular weight is 340 g/mol. The van der Waals surface area contributed by atoms with Crippen molar-refractivity contribution in [1.29, 1.82) is 0 Å². The summed E-state index contributed by atoms with van der Waals surface area (Å²) in [6.45, 7) is 3.00. The summed E-state index contributed by atoms with van der Waals surface area (Å²) in [6.07, 6.45) is 0.104.